The van der Waals surface area contributed by atoms with Crippen LogP contribution in [0.2, 0.25) is 5.02 Å². The first-order chi connectivity index (χ1) is 15.1. The summed E-state index contributed by atoms with van der Waals surface area (Å²) in [5, 5.41) is 29.1. The molecule has 0 unspecified atom stereocenters. The number of hydrogen-bond acceptors (Lipinski definition) is 6. The fraction of sp³-hybridized carbons (Fsp3) is 0.190. The molecule has 9 nitrogen and oxygen atoms in total. The molecule has 10 heteroatoms. The van der Waals surface area contributed by atoms with Gasteiger partial charge in [0.2, 0.25) is 0 Å². The maximum absolute atomic E-state index is 12.7. The van der Waals surface area contributed by atoms with E-state index in [1.165, 1.54) is 0 Å². The quantitative estimate of drug-likeness (QED) is 0.512. The molecule has 0 bridgehead atoms. The van der Waals surface area contributed by atoms with Gasteiger partial charge in [0.05, 0.1) is 30.7 Å². The fourth-order valence-electron chi connectivity index (χ4n) is 3.78. The lowest BCUT2D eigenvalue weighted by Gasteiger charge is -2.29. The topological polar surface area (TPSA) is 116 Å². The van der Waals surface area contributed by atoms with E-state index in [4.69, 9.17) is 11.6 Å². The summed E-state index contributed by atoms with van der Waals surface area (Å²) in [4.78, 5) is 14.8. The SMILES string of the molecule is N#Cc1c(N2CCn3nncc3C2)ccc2c(C(=O)NCc3ccc(Cl)cc3)[nH]nc12. The number of fused-ring (bicyclic) bond motifs is 2. The first-order valence-electron chi connectivity index (χ1n) is 9.70. The average molecular weight is 433 g/mol. The summed E-state index contributed by atoms with van der Waals surface area (Å²) in [7, 11) is 0. The van der Waals surface area contributed by atoms with E-state index in [0.717, 1.165) is 16.9 Å². The molecular formula is C21H17ClN8O. The highest BCUT2D eigenvalue weighted by Crippen LogP contribution is 2.30. The number of amides is 1. The minimum absolute atomic E-state index is 0.290. The highest BCUT2D eigenvalue weighted by atomic mass is 35.5. The second kappa shape index (κ2) is 7.74. The van der Waals surface area contributed by atoms with Gasteiger partial charge in [-0.2, -0.15) is 10.4 Å². The standard InChI is InChI=1S/C21H17ClN8O/c22-14-3-1-13(2-4-14)10-24-21(31)20-16-5-6-18(17(9-23)19(16)26-27-20)29-7-8-30-15(12-29)11-25-28-30/h1-6,11H,7-8,10,12H2,(H,24,31)(H,26,27). The Morgan fingerprint density at radius 1 is 1.23 bits per heavy atom. The molecule has 0 atom stereocenters. The van der Waals surface area contributed by atoms with Crippen LogP contribution in [0.4, 0.5) is 5.69 Å². The van der Waals surface area contributed by atoms with Crippen LogP contribution in [0.1, 0.15) is 27.3 Å². The van der Waals surface area contributed by atoms with Gasteiger partial charge in [-0.15, -0.1) is 5.10 Å². The zero-order chi connectivity index (χ0) is 21.4. The number of halogens is 1. The van der Waals surface area contributed by atoms with E-state index >= 15 is 0 Å². The van der Waals surface area contributed by atoms with E-state index in [1.54, 1.807) is 18.3 Å². The fourth-order valence-corrected chi connectivity index (χ4v) is 3.90. The third-order valence-corrected chi connectivity index (χ3v) is 5.64. The van der Waals surface area contributed by atoms with Gasteiger partial charge in [0.25, 0.3) is 5.91 Å². The number of H-pyrrole nitrogens is 1. The first-order valence-corrected chi connectivity index (χ1v) is 10.1. The Hall–Kier alpha value is -3.90. The molecule has 0 aliphatic carbocycles. The molecule has 31 heavy (non-hydrogen) atoms. The molecule has 2 N–H and O–H groups in total. The maximum atomic E-state index is 12.7. The Morgan fingerprint density at radius 3 is 2.87 bits per heavy atom. The highest BCUT2D eigenvalue weighted by Gasteiger charge is 2.23. The van der Waals surface area contributed by atoms with Crippen LogP contribution in [-0.4, -0.2) is 37.6 Å². The lowest BCUT2D eigenvalue weighted by Crippen LogP contribution is -2.34. The third kappa shape index (κ3) is 3.47. The molecule has 1 amide bonds. The molecule has 4 aromatic rings. The Bertz CT molecular complexity index is 1320. The number of nitrogens with one attached hydrogen (secondary N) is 2. The van der Waals surface area contributed by atoms with Gasteiger partial charge in [0, 0.05) is 23.5 Å². The van der Waals surface area contributed by atoms with Crippen molar-refractivity contribution in [2.24, 2.45) is 0 Å². The monoisotopic (exact) mass is 432 g/mol. The second-order valence-electron chi connectivity index (χ2n) is 7.25. The molecule has 0 radical (unpaired) electrons. The molecular weight excluding hydrogens is 416 g/mol. The van der Waals surface area contributed by atoms with E-state index in [-0.39, 0.29) is 5.91 Å². The van der Waals surface area contributed by atoms with Gasteiger partial charge in [-0.25, -0.2) is 4.68 Å². The van der Waals surface area contributed by atoms with Gasteiger partial charge in [0.15, 0.2) is 0 Å². The number of benzene rings is 2. The van der Waals surface area contributed by atoms with Crippen LogP contribution in [-0.2, 0) is 19.6 Å². The maximum Gasteiger partial charge on any atom is 0.270 e. The van der Waals surface area contributed by atoms with Crippen LogP contribution >= 0.6 is 11.6 Å². The van der Waals surface area contributed by atoms with Crippen LogP contribution in [0.3, 0.4) is 0 Å². The van der Waals surface area contributed by atoms with Crippen LogP contribution in [0, 0.1) is 11.3 Å². The molecule has 0 spiro atoms. The highest BCUT2D eigenvalue weighted by molar-refractivity contribution is 6.30. The van der Waals surface area contributed by atoms with Crippen molar-refractivity contribution in [3.05, 3.63) is 70.1 Å². The van der Waals surface area contributed by atoms with Crippen LogP contribution in [0.5, 0.6) is 0 Å². The van der Waals surface area contributed by atoms with Gasteiger partial charge in [-0.3, -0.25) is 9.89 Å². The summed E-state index contributed by atoms with van der Waals surface area (Å²) >= 11 is 5.90. The van der Waals surface area contributed by atoms with Crippen LogP contribution < -0.4 is 10.2 Å². The number of carbonyl (C=O) groups excluding carboxylic acids is 1. The lowest BCUT2D eigenvalue weighted by molar-refractivity contribution is 0.0947. The Morgan fingerprint density at radius 2 is 2.06 bits per heavy atom. The molecule has 1 aliphatic heterocycles. The molecule has 1 aliphatic rings. The van der Waals surface area contributed by atoms with Gasteiger partial charge in [-0.1, -0.05) is 28.9 Å². The van der Waals surface area contributed by atoms with Crippen molar-refractivity contribution in [3.8, 4) is 6.07 Å². The third-order valence-electron chi connectivity index (χ3n) is 5.38. The number of nitrogens with zero attached hydrogens (tertiary/aromatic N) is 6. The molecule has 0 fully saturated rings. The molecule has 2 aromatic carbocycles. The first kappa shape index (κ1) is 19.1. The van der Waals surface area contributed by atoms with Crippen molar-refractivity contribution >= 4 is 34.1 Å². The van der Waals surface area contributed by atoms with Crippen LogP contribution in [0.25, 0.3) is 10.9 Å². The number of aromatic nitrogens is 5. The minimum atomic E-state index is -0.290. The summed E-state index contributed by atoms with van der Waals surface area (Å²) in [6, 6.07) is 13.2. The molecule has 0 saturated heterocycles. The number of carbonyl (C=O) groups is 1. The number of anilines is 1. The predicted octanol–water partition coefficient (Wildman–Crippen LogP) is 2.63. The van der Waals surface area contributed by atoms with E-state index in [1.807, 2.05) is 28.9 Å². The summed E-state index contributed by atoms with van der Waals surface area (Å²) in [6.07, 6.45) is 1.73. The lowest BCUT2D eigenvalue weighted by atomic mass is 10.1. The van der Waals surface area contributed by atoms with Gasteiger partial charge in [0.1, 0.15) is 22.8 Å². The van der Waals surface area contributed by atoms with Gasteiger partial charge < -0.3 is 10.2 Å². The number of hydrogen-bond donors (Lipinski definition) is 2. The Kier molecular flexibility index (Phi) is 4.76. The predicted molar refractivity (Wildman–Crippen MR) is 115 cm³/mol. The largest absolute Gasteiger partial charge is 0.363 e. The van der Waals surface area contributed by atoms with Crippen LogP contribution in [0.15, 0.2) is 42.6 Å². The number of nitriles is 1. The summed E-state index contributed by atoms with van der Waals surface area (Å²) in [5.41, 5.74) is 3.94. The van der Waals surface area contributed by atoms with Crippen molar-refractivity contribution in [1.29, 1.82) is 5.26 Å². The summed E-state index contributed by atoms with van der Waals surface area (Å²) in [5.74, 6) is -0.290. The van der Waals surface area contributed by atoms with Crippen molar-refractivity contribution in [2.45, 2.75) is 19.6 Å². The van der Waals surface area contributed by atoms with Crippen molar-refractivity contribution < 1.29 is 4.79 Å². The number of rotatable bonds is 4. The Labute approximate surface area is 182 Å². The molecule has 5 rings (SSSR count). The van der Waals surface area contributed by atoms with Crippen molar-refractivity contribution in [3.63, 3.8) is 0 Å². The van der Waals surface area contributed by atoms with Crippen molar-refractivity contribution in [1.82, 2.24) is 30.5 Å². The average Bonchev–Trinajstić information content (AvgIpc) is 3.44. The zero-order valence-corrected chi connectivity index (χ0v) is 17.1. The zero-order valence-electron chi connectivity index (χ0n) is 16.3. The Balaban J connectivity index is 1.41. The normalized spacial score (nSPS) is 13.1. The minimum Gasteiger partial charge on any atom is -0.363 e. The summed E-state index contributed by atoms with van der Waals surface area (Å²) in [6.45, 7) is 2.35. The van der Waals surface area contributed by atoms with Gasteiger partial charge >= 0.3 is 0 Å². The van der Waals surface area contributed by atoms with E-state index in [0.29, 0.717) is 53.4 Å². The molecule has 154 valence electrons. The van der Waals surface area contributed by atoms with Gasteiger partial charge in [-0.05, 0) is 29.8 Å². The van der Waals surface area contributed by atoms with E-state index in [2.05, 4.69) is 36.8 Å². The molecule has 3 heterocycles. The van der Waals surface area contributed by atoms with Crippen molar-refractivity contribution in [2.75, 3.05) is 11.4 Å². The molecule has 2 aromatic heterocycles. The van der Waals surface area contributed by atoms with E-state index in [9.17, 15) is 10.1 Å². The molecule has 0 saturated carbocycles. The summed E-state index contributed by atoms with van der Waals surface area (Å²) < 4.78 is 1.86. The second-order valence-corrected chi connectivity index (χ2v) is 7.68. The smallest absolute Gasteiger partial charge is 0.270 e. The number of aromatic amines is 1. The van der Waals surface area contributed by atoms with E-state index < -0.39 is 0 Å².